The Morgan fingerprint density at radius 3 is 2.75 bits per heavy atom. The molecule has 0 spiro atoms. The number of carbonyl (C=O) groups is 1. The molecule has 2 aromatic heterocycles. The van der Waals surface area contributed by atoms with Crippen LogP contribution in [0.25, 0.3) is 11.7 Å². The monoisotopic (exact) mass is 323 g/mol. The molecule has 1 aromatic carbocycles. The van der Waals surface area contributed by atoms with Crippen LogP contribution in [-0.4, -0.2) is 29.5 Å². The number of methoxy groups -OCH3 is 2. The lowest BCUT2D eigenvalue weighted by atomic mass is 10.2. The fourth-order valence-corrected chi connectivity index (χ4v) is 2.29. The quantitative estimate of drug-likeness (QED) is 0.733. The van der Waals surface area contributed by atoms with Gasteiger partial charge in [0.1, 0.15) is 5.65 Å². The number of nitrogens with zero attached hydrogens (tertiary/aromatic N) is 2. The summed E-state index contributed by atoms with van der Waals surface area (Å²) in [5.74, 6) is 1.50. The summed E-state index contributed by atoms with van der Waals surface area (Å²) in [7, 11) is 3.15. The second-order valence-electron chi connectivity index (χ2n) is 5.03. The zero-order valence-electron chi connectivity index (χ0n) is 13.4. The number of benzene rings is 1. The highest BCUT2D eigenvalue weighted by atomic mass is 16.5. The number of amides is 1. The maximum Gasteiger partial charge on any atom is 0.249 e. The normalized spacial score (nSPS) is 10.9. The van der Waals surface area contributed by atoms with Gasteiger partial charge < -0.3 is 19.2 Å². The van der Waals surface area contributed by atoms with Gasteiger partial charge in [0, 0.05) is 12.3 Å². The third-order valence-corrected chi connectivity index (χ3v) is 3.45. The first-order chi connectivity index (χ1) is 11.7. The molecule has 3 rings (SSSR count). The molecule has 6 heteroatoms. The number of rotatable bonds is 5. The third-order valence-electron chi connectivity index (χ3n) is 3.45. The molecule has 0 saturated carbocycles. The van der Waals surface area contributed by atoms with Gasteiger partial charge in [-0.25, -0.2) is 4.98 Å². The topological polar surface area (TPSA) is 64.9 Å². The Morgan fingerprint density at radius 2 is 2.00 bits per heavy atom. The number of fused-ring (bicyclic) bond motifs is 1. The molecule has 0 radical (unpaired) electrons. The molecular weight excluding hydrogens is 306 g/mol. The summed E-state index contributed by atoms with van der Waals surface area (Å²) in [4.78, 5) is 16.4. The van der Waals surface area contributed by atoms with E-state index in [-0.39, 0.29) is 5.91 Å². The Morgan fingerprint density at radius 1 is 1.17 bits per heavy atom. The molecule has 0 aliphatic carbocycles. The lowest BCUT2D eigenvalue weighted by Crippen LogP contribution is -2.07. The van der Waals surface area contributed by atoms with Crippen LogP contribution in [0.15, 0.2) is 54.9 Å². The second-order valence-corrected chi connectivity index (χ2v) is 5.03. The molecular formula is C18H17N3O3. The average Bonchev–Trinajstić information content (AvgIpc) is 3.01. The van der Waals surface area contributed by atoms with Crippen LogP contribution in [0, 0.1) is 0 Å². The van der Waals surface area contributed by atoms with Crippen molar-refractivity contribution in [3.05, 3.63) is 60.4 Å². The number of hydrogen-bond acceptors (Lipinski definition) is 4. The molecule has 3 aromatic rings. The van der Waals surface area contributed by atoms with Crippen LogP contribution in [0.2, 0.25) is 0 Å². The number of anilines is 1. The first kappa shape index (κ1) is 15.6. The molecule has 6 nitrogen and oxygen atoms in total. The molecule has 0 bridgehead atoms. The van der Waals surface area contributed by atoms with Crippen molar-refractivity contribution in [3.8, 4) is 11.5 Å². The van der Waals surface area contributed by atoms with Crippen LogP contribution in [0.1, 0.15) is 5.56 Å². The highest BCUT2D eigenvalue weighted by Crippen LogP contribution is 2.27. The van der Waals surface area contributed by atoms with Crippen molar-refractivity contribution in [2.75, 3.05) is 19.5 Å². The van der Waals surface area contributed by atoms with E-state index in [0.717, 1.165) is 11.2 Å². The maximum absolute atomic E-state index is 12.0. The number of pyridine rings is 1. The minimum Gasteiger partial charge on any atom is -0.493 e. The zero-order valence-corrected chi connectivity index (χ0v) is 13.4. The summed E-state index contributed by atoms with van der Waals surface area (Å²) in [6, 6.07) is 11.1. The van der Waals surface area contributed by atoms with Gasteiger partial charge in [0.2, 0.25) is 5.91 Å². The highest BCUT2D eigenvalue weighted by molar-refractivity contribution is 6.01. The SMILES string of the molecule is COc1ccc(/C=C/C(=O)Nc2cn3ccccc3n2)cc1OC. The van der Waals surface area contributed by atoms with E-state index >= 15 is 0 Å². The van der Waals surface area contributed by atoms with Crippen molar-refractivity contribution in [1.82, 2.24) is 9.38 Å². The lowest BCUT2D eigenvalue weighted by molar-refractivity contribution is -0.111. The zero-order chi connectivity index (χ0) is 16.9. The van der Waals surface area contributed by atoms with E-state index in [1.165, 1.54) is 6.08 Å². The van der Waals surface area contributed by atoms with Crippen LogP contribution >= 0.6 is 0 Å². The minimum absolute atomic E-state index is 0.256. The Kier molecular flexibility index (Phi) is 4.47. The molecule has 1 N–H and O–H groups in total. The summed E-state index contributed by atoms with van der Waals surface area (Å²) < 4.78 is 12.3. The molecule has 0 unspecified atom stereocenters. The van der Waals surface area contributed by atoms with Gasteiger partial charge in [0.25, 0.3) is 0 Å². The molecule has 24 heavy (non-hydrogen) atoms. The van der Waals surface area contributed by atoms with Gasteiger partial charge in [-0.15, -0.1) is 0 Å². The van der Waals surface area contributed by atoms with Crippen LogP contribution < -0.4 is 14.8 Å². The Labute approximate surface area is 139 Å². The number of aromatic nitrogens is 2. The van der Waals surface area contributed by atoms with Gasteiger partial charge in [-0.3, -0.25) is 4.79 Å². The van der Waals surface area contributed by atoms with Gasteiger partial charge in [0.05, 0.1) is 20.4 Å². The number of imidazole rings is 1. The number of hydrogen-bond donors (Lipinski definition) is 1. The van der Waals surface area contributed by atoms with Crippen LogP contribution in [0.4, 0.5) is 5.82 Å². The molecule has 1 amide bonds. The number of nitrogens with one attached hydrogen (secondary N) is 1. The predicted octanol–water partition coefficient (Wildman–Crippen LogP) is 3.00. The predicted molar refractivity (Wildman–Crippen MR) is 92.4 cm³/mol. The molecule has 0 atom stereocenters. The van der Waals surface area contributed by atoms with E-state index in [0.29, 0.717) is 17.3 Å². The van der Waals surface area contributed by atoms with E-state index in [2.05, 4.69) is 10.3 Å². The van der Waals surface area contributed by atoms with Crippen molar-refractivity contribution in [2.24, 2.45) is 0 Å². The average molecular weight is 323 g/mol. The maximum atomic E-state index is 12.0. The van der Waals surface area contributed by atoms with E-state index < -0.39 is 0 Å². The Hall–Kier alpha value is -3.28. The summed E-state index contributed by atoms with van der Waals surface area (Å²) in [6.07, 6.45) is 6.79. The molecule has 122 valence electrons. The smallest absolute Gasteiger partial charge is 0.249 e. The largest absolute Gasteiger partial charge is 0.493 e. The van der Waals surface area contributed by atoms with Gasteiger partial charge in [-0.2, -0.15) is 0 Å². The summed E-state index contributed by atoms with van der Waals surface area (Å²) >= 11 is 0. The highest BCUT2D eigenvalue weighted by Gasteiger charge is 2.05. The summed E-state index contributed by atoms with van der Waals surface area (Å²) in [5.41, 5.74) is 1.61. The second kappa shape index (κ2) is 6.87. The van der Waals surface area contributed by atoms with E-state index in [4.69, 9.17) is 9.47 Å². The fraction of sp³-hybridized carbons (Fsp3) is 0.111. The van der Waals surface area contributed by atoms with Crippen LogP contribution in [0.3, 0.4) is 0 Å². The third kappa shape index (κ3) is 3.38. The lowest BCUT2D eigenvalue weighted by Gasteiger charge is -2.07. The molecule has 2 heterocycles. The van der Waals surface area contributed by atoms with Crippen molar-refractivity contribution in [1.29, 1.82) is 0 Å². The van der Waals surface area contributed by atoms with E-state index in [1.807, 2.05) is 34.9 Å². The van der Waals surface area contributed by atoms with Crippen molar-refractivity contribution < 1.29 is 14.3 Å². The van der Waals surface area contributed by atoms with Gasteiger partial charge >= 0.3 is 0 Å². The van der Waals surface area contributed by atoms with Gasteiger partial charge in [-0.1, -0.05) is 12.1 Å². The number of ether oxygens (including phenoxy) is 2. The van der Waals surface area contributed by atoms with Crippen molar-refractivity contribution in [2.45, 2.75) is 0 Å². The molecule has 0 fully saturated rings. The van der Waals surface area contributed by atoms with Crippen LogP contribution in [0.5, 0.6) is 11.5 Å². The Bertz CT molecular complexity index is 866. The number of carbonyl (C=O) groups excluding carboxylic acids is 1. The van der Waals surface area contributed by atoms with E-state index in [9.17, 15) is 4.79 Å². The standard InChI is InChI=1S/C18H17N3O3/c1-23-14-8-6-13(11-15(14)24-2)7-9-18(22)20-16-12-21-10-4-3-5-17(21)19-16/h3-12H,1-2H3,(H,20,22)/b9-7+. The van der Waals surface area contributed by atoms with Crippen molar-refractivity contribution >= 4 is 23.4 Å². The fourth-order valence-electron chi connectivity index (χ4n) is 2.29. The van der Waals surface area contributed by atoms with E-state index in [1.54, 1.807) is 38.6 Å². The molecule has 0 saturated heterocycles. The summed E-state index contributed by atoms with van der Waals surface area (Å²) in [6.45, 7) is 0. The van der Waals surface area contributed by atoms with Crippen LogP contribution in [-0.2, 0) is 4.79 Å². The van der Waals surface area contributed by atoms with Crippen molar-refractivity contribution in [3.63, 3.8) is 0 Å². The first-order valence-electron chi connectivity index (χ1n) is 7.34. The molecule has 0 aliphatic rings. The minimum atomic E-state index is -0.256. The first-order valence-corrected chi connectivity index (χ1v) is 7.34. The van der Waals surface area contributed by atoms with Gasteiger partial charge in [0.15, 0.2) is 17.3 Å². The summed E-state index contributed by atoms with van der Waals surface area (Å²) in [5, 5.41) is 2.74. The Balaban J connectivity index is 1.71. The van der Waals surface area contributed by atoms with Gasteiger partial charge in [-0.05, 0) is 35.9 Å². The molecule has 0 aliphatic heterocycles.